The van der Waals surface area contributed by atoms with Crippen LogP contribution >= 0.6 is 11.8 Å². The Bertz CT molecular complexity index is 357. The van der Waals surface area contributed by atoms with E-state index in [-0.39, 0.29) is 11.9 Å². The van der Waals surface area contributed by atoms with E-state index in [9.17, 15) is 19.8 Å². The number of aliphatic hydroxyl groups excluding tert-OH is 2. The van der Waals surface area contributed by atoms with Crippen molar-refractivity contribution in [3.8, 4) is 0 Å². The highest BCUT2D eigenvalue weighted by Gasteiger charge is 2.43. The van der Waals surface area contributed by atoms with Gasteiger partial charge in [-0.1, -0.05) is 13.8 Å². The summed E-state index contributed by atoms with van der Waals surface area (Å²) in [5.74, 6) is -1.80. The molecule has 21 heavy (non-hydrogen) atoms. The Hall–Kier alpha value is -0.870. The third-order valence-electron chi connectivity index (χ3n) is 2.89. The Balaban J connectivity index is 4.94. The Kier molecular flexibility index (Phi) is 8.83. The lowest BCUT2D eigenvalue weighted by atomic mass is 10.1. The number of rotatable bonds is 10. The van der Waals surface area contributed by atoms with Gasteiger partial charge in [0.1, 0.15) is 12.7 Å². The lowest BCUT2D eigenvalue weighted by Gasteiger charge is -2.31. The molecule has 6 N–H and O–H groups in total. The van der Waals surface area contributed by atoms with Crippen LogP contribution in [0.25, 0.3) is 0 Å². The van der Waals surface area contributed by atoms with Gasteiger partial charge in [-0.25, -0.2) is 4.79 Å². The number of carbonyl (C=O) groups is 2. The molecule has 0 aromatic heterocycles. The average molecular weight is 324 g/mol. The van der Waals surface area contributed by atoms with E-state index < -0.39 is 36.4 Å². The maximum atomic E-state index is 11.9. The number of aliphatic carboxylic acids is 1. The standard InChI is InChI=1S/C12H24N2O6S/c1-4-20-12(6-15,11(18)19)14-10(17)9(16)8(13)7(3)21-5-2/h7-9,15-16H,4-6,13H2,1-3H3,(H,14,17)(H,18,19)/t7?,8-,9?,12-/m0/s1. The third kappa shape index (κ3) is 5.44. The topological polar surface area (TPSA) is 142 Å². The molecule has 9 heteroatoms. The van der Waals surface area contributed by atoms with E-state index in [0.717, 1.165) is 5.75 Å². The Morgan fingerprint density at radius 1 is 1.43 bits per heavy atom. The first-order valence-corrected chi connectivity index (χ1v) is 7.66. The summed E-state index contributed by atoms with van der Waals surface area (Å²) in [5, 5.41) is 30.0. The summed E-state index contributed by atoms with van der Waals surface area (Å²) in [4.78, 5) is 23.1. The van der Waals surface area contributed by atoms with Crippen LogP contribution in [0.15, 0.2) is 0 Å². The zero-order valence-corrected chi connectivity index (χ0v) is 13.2. The largest absolute Gasteiger partial charge is 0.478 e. The van der Waals surface area contributed by atoms with Crippen LogP contribution in [-0.4, -0.2) is 69.3 Å². The molecule has 0 aliphatic heterocycles. The first kappa shape index (κ1) is 20.1. The van der Waals surface area contributed by atoms with Crippen LogP contribution in [0.5, 0.6) is 0 Å². The van der Waals surface area contributed by atoms with Crippen molar-refractivity contribution in [3.63, 3.8) is 0 Å². The molecule has 2 unspecified atom stereocenters. The number of nitrogens with one attached hydrogen (secondary N) is 1. The number of hydrogen-bond acceptors (Lipinski definition) is 7. The minimum Gasteiger partial charge on any atom is -0.478 e. The molecule has 0 aliphatic rings. The van der Waals surface area contributed by atoms with Crippen molar-refractivity contribution in [2.75, 3.05) is 19.0 Å². The lowest BCUT2D eigenvalue weighted by molar-refractivity contribution is -0.181. The van der Waals surface area contributed by atoms with Crippen LogP contribution < -0.4 is 11.1 Å². The Morgan fingerprint density at radius 2 is 2.00 bits per heavy atom. The summed E-state index contributed by atoms with van der Waals surface area (Å²) in [7, 11) is 0. The first-order chi connectivity index (χ1) is 9.75. The maximum absolute atomic E-state index is 11.9. The number of carbonyl (C=O) groups excluding carboxylic acids is 1. The molecule has 124 valence electrons. The highest BCUT2D eigenvalue weighted by atomic mass is 32.2. The normalized spacial score (nSPS) is 18.4. The molecule has 4 atom stereocenters. The van der Waals surface area contributed by atoms with Crippen LogP contribution in [0.2, 0.25) is 0 Å². The predicted octanol–water partition coefficient (Wildman–Crippen LogP) is -1.26. The fraction of sp³-hybridized carbons (Fsp3) is 0.833. The molecule has 0 saturated heterocycles. The van der Waals surface area contributed by atoms with Crippen molar-refractivity contribution in [2.24, 2.45) is 5.73 Å². The van der Waals surface area contributed by atoms with E-state index in [4.69, 9.17) is 15.6 Å². The van der Waals surface area contributed by atoms with Crippen molar-refractivity contribution in [3.05, 3.63) is 0 Å². The van der Waals surface area contributed by atoms with Crippen molar-refractivity contribution in [1.29, 1.82) is 0 Å². The molecule has 0 saturated carbocycles. The number of ether oxygens (including phenoxy) is 1. The number of nitrogens with two attached hydrogens (primary N) is 1. The van der Waals surface area contributed by atoms with Gasteiger partial charge in [0, 0.05) is 11.9 Å². The molecule has 0 heterocycles. The van der Waals surface area contributed by atoms with Gasteiger partial charge in [0.15, 0.2) is 0 Å². The second-order valence-electron chi connectivity index (χ2n) is 4.40. The van der Waals surface area contributed by atoms with Crippen LogP contribution in [-0.2, 0) is 14.3 Å². The van der Waals surface area contributed by atoms with E-state index >= 15 is 0 Å². The molecule has 0 spiro atoms. The summed E-state index contributed by atoms with van der Waals surface area (Å²) >= 11 is 1.46. The van der Waals surface area contributed by atoms with Crippen LogP contribution in [0.3, 0.4) is 0 Å². The smallest absolute Gasteiger partial charge is 0.359 e. The fourth-order valence-electron chi connectivity index (χ4n) is 1.63. The van der Waals surface area contributed by atoms with Gasteiger partial charge in [-0.05, 0) is 12.7 Å². The molecule has 0 radical (unpaired) electrons. The molecule has 0 aromatic carbocycles. The Labute approximate surface area is 128 Å². The average Bonchev–Trinajstić information content (AvgIpc) is 2.44. The van der Waals surface area contributed by atoms with Gasteiger partial charge in [-0.3, -0.25) is 4.79 Å². The quantitative estimate of drug-likeness (QED) is 0.314. The van der Waals surface area contributed by atoms with Crippen molar-refractivity contribution in [2.45, 2.75) is 43.9 Å². The number of aliphatic hydroxyl groups is 2. The monoisotopic (exact) mass is 324 g/mol. The van der Waals surface area contributed by atoms with Crippen LogP contribution in [0.4, 0.5) is 0 Å². The van der Waals surface area contributed by atoms with E-state index in [0.29, 0.717) is 0 Å². The second kappa shape index (κ2) is 9.21. The molecule has 0 aromatic rings. The van der Waals surface area contributed by atoms with Crippen LogP contribution in [0, 0.1) is 0 Å². The number of thioether (sulfide) groups is 1. The number of hydrogen-bond donors (Lipinski definition) is 5. The van der Waals surface area contributed by atoms with Crippen molar-refractivity contribution in [1.82, 2.24) is 5.32 Å². The molecule has 0 bridgehead atoms. The zero-order valence-electron chi connectivity index (χ0n) is 12.4. The van der Waals surface area contributed by atoms with E-state index in [1.54, 1.807) is 6.92 Å². The minimum absolute atomic E-state index is 0.0443. The summed E-state index contributed by atoms with van der Waals surface area (Å²) in [6, 6.07) is -0.873. The Morgan fingerprint density at radius 3 is 2.38 bits per heavy atom. The third-order valence-corrected chi connectivity index (χ3v) is 4.06. The second-order valence-corrected chi connectivity index (χ2v) is 6.05. The first-order valence-electron chi connectivity index (χ1n) is 6.61. The molecule has 0 rings (SSSR count). The van der Waals surface area contributed by atoms with Gasteiger partial charge in [0.2, 0.25) is 0 Å². The van der Waals surface area contributed by atoms with E-state index in [2.05, 4.69) is 0 Å². The van der Waals surface area contributed by atoms with E-state index in [1.165, 1.54) is 18.7 Å². The zero-order chi connectivity index (χ0) is 16.6. The highest BCUT2D eigenvalue weighted by molar-refractivity contribution is 7.99. The van der Waals surface area contributed by atoms with Gasteiger partial charge in [0.05, 0.1) is 6.04 Å². The SMILES string of the molecule is CCO[C@](CO)(NC(=O)C(O)[C@@H](N)C(C)SCC)C(=O)O. The summed E-state index contributed by atoms with van der Waals surface area (Å²) in [5.41, 5.74) is 3.49. The molecule has 8 nitrogen and oxygen atoms in total. The fourth-order valence-corrected chi connectivity index (χ4v) is 2.53. The van der Waals surface area contributed by atoms with Crippen molar-refractivity contribution < 1.29 is 29.6 Å². The number of carboxylic acid groups (broad SMARTS) is 1. The van der Waals surface area contributed by atoms with Gasteiger partial charge in [-0.15, -0.1) is 0 Å². The molecule has 1 amide bonds. The van der Waals surface area contributed by atoms with Gasteiger partial charge in [-0.2, -0.15) is 11.8 Å². The lowest BCUT2D eigenvalue weighted by Crippen LogP contribution is -2.63. The highest BCUT2D eigenvalue weighted by Crippen LogP contribution is 2.16. The van der Waals surface area contributed by atoms with Gasteiger partial charge in [0.25, 0.3) is 11.6 Å². The minimum atomic E-state index is -2.28. The van der Waals surface area contributed by atoms with Crippen LogP contribution in [0.1, 0.15) is 20.8 Å². The molecule has 0 aliphatic carbocycles. The molecular weight excluding hydrogens is 300 g/mol. The summed E-state index contributed by atoms with van der Waals surface area (Å²) < 4.78 is 4.91. The maximum Gasteiger partial charge on any atom is 0.359 e. The molecule has 0 fully saturated rings. The number of carboxylic acids is 1. The summed E-state index contributed by atoms with van der Waals surface area (Å²) in [6.07, 6.45) is -1.61. The van der Waals surface area contributed by atoms with Gasteiger partial charge >= 0.3 is 5.97 Å². The summed E-state index contributed by atoms with van der Waals surface area (Å²) in [6.45, 7) is 4.17. The van der Waals surface area contributed by atoms with E-state index in [1.807, 2.05) is 12.2 Å². The molecular formula is C12H24N2O6S. The van der Waals surface area contributed by atoms with Gasteiger partial charge < -0.3 is 31.1 Å². The predicted molar refractivity (Wildman–Crippen MR) is 78.8 cm³/mol. The number of amides is 1. The van der Waals surface area contributed by atoms with Crippen molar-refractivity contribution >= 4 is 23.6 Å².